The third kappa shape index (κ3) is 31.5. The second kappa shape index (κ2) is 34.9. The highest BCUT2D eigenvalue weighted by Crippen LogP contribution is 2.14. The Kier molecular flexibility index (Phi) is 33.8. The fourth-order valence-corrected chi connectivity index (χ4v) is 4.75. The molecule has 0 aromatic carbocycles. The van der Waals surface area contributed by atoms with E-state index >= 15 is 0 Å². The summed E-state index contributed by atoms with van der Waals surface area (Å²) in [6.07, 6.45) is 37.7. The number of aldehydes is 2. The molecule has 5 heteroatoms. The minimum Gasteiger partial charge on any atom is -0.349 e. The van der Waals surface area contributed by atoms with Crippen molar-refractivity contribution >= 4 is 12.6 Å². The number of carbonyl (C=O) groups is 2. The summed E-state index contributed by atoms with van der Waals surface area (Å²) >= 11 is 0. The molecule has 0 heterocycles. The maximum Gasteiger partial charge on any atom is 0.180 e. The number of hydrogen-bond acceptors (Lipinski definition) is 5. The summed E-state index contributed by atoms with van der Waals surface area (Å²) in [7, 11) is 0. The largest absolute Gasteiger partial charge is 0.349 e. The smallest absolute Gasteiger partial charge is 0.180 e. The van der Waals surface area contributed by atoms with Crippen LogP contribution in [0.4, 0.5) is 0 Å². The number of hydrogen-bond donors (Lipinski definition) is 0. The van der Waals surface area contributed by atoms with Gasteiger partial charge < -0.3 is 23.8 Å². The van der Waals surface area contributed by atoms with E-state index in [4.69, 9.17) is 14.2 Å². The number of allylic oxidation sites excluding steroid dienone is 2. The Balaban J connectivity index is 4.16. The van der Waals surface area contributed by atoms with Crippen LogP contribution >= 0.6 is 0 Å². The van der Waals surface area contributed by atoms with Crippen LogP contribution in [0, 0.1) is 0 Å². The van der Waals surface area contributed by atoms with Crippen molar-refractivity contribution in [3.63, 3.8) is 0 Å². The number of unbranched alkanes of at least 4 members (excludes halogenated alkanes) is 20. The van der Waals surface area contributed by atoms with E-state index in [1.165, 1.54) is 103 Å². The molecule has 0 aliphatic heterocycles. The van der Waals surface area contributed by atoms with E-state index in [1.807, 2.05) is 0 Å². The predicted octanol–water partition coefficient (Wildman–Crippen LogP) is 10.6. The molecule has 0 saturated carbocycles. The molecule has 5 nitrogen and oxygen atoms in total. The Morgan fingerprint density at radius 3 is 1.02 bits per heavy atom. The summed E-state index contributed by atoms with van der Waals surface area (Å²) in [4.78, 5) is 20.7. The van der Waals surface area contributed by atoms with Crippen LogP contribution < -0.4 is 0 Å². The van der Waals surface area contributed by atoms with Gasteiger partial charge in [-0.1, -0.05) is 116 Å². The van der Waals surface area contributed by atoms with Gasteiger partial charge in [-0.05, 0) is 63.5 Å². The van der Waals surface area contributed by atoms with E-state index in [0.717, 1.165) is 63.9 Å². The highest BCUT2D eigenvalue weighted by molar-refractivity contribution is 5.49. The van der Waals surface area contributed by atoms with Crippen LogP contribution in [0.5, 0.6) is 0 Å². The fourth-order valence-electron chi connectivity index (χ4n) is 4.75. The summed E-state index contributed by atoms with van der Waals surface area (Å²) in [6, 6.07) is 0. The molecule has 0 N–H and O–H groups in total. The quantitative estimate of drug-likeness (QED) is 0.0329. The van der Waals surface area contributed by atoms with Crippen LogP contribution in [0.15, 0.2) is 24.3 Å². The topological polar surface area (TPSA) is 61.8 Å². The number of ether oxygens (including phenoxy) is 3. The Labute approximate surface area is 254 Å². The molecular formula is C36H66O5. The Morgan fingerprint density at radius 1 is 0.439 bits per heavy atom. The molecule has 0 rings (SSSR count). The first-order chi connectivity index (χ1) is 20.3. The first-order valence-corrected chi connectivity index (χ1v) is 17.4. The molecule has 0 fully saturated rings. The normalized spacial score (nSPS) is 13.3. The molecule has 0 spiro atoms. The lowest BCUT2D eigenvalue weighted by Crippen LogP contribution is -2.25. The third-order valence-electron chi connectivity index (χ3n) is 7.21. The van der Waals surface area contributed by atoms with E-state index in [9.17, 15) is 9.59 Å². The zero-order chi connectivity index (χ0) is 29.9. The Morgan fingerprint density at radius 2 is 0.732 bits per heavy atom. The monoisotopic (exact) mass is 578 g/mol. The Hall–Kier alpha value is -1.30. The minimum absolute atomic E-state index is 0.376. The van der Waals surface area contributed by atoms with Crippen molar-refractivity contribution in [3.05, 3.63) is 24.3 Å². The van der Waals surface area contributed by atoms with Gasteiger partial charge in [0.2, 0.25) is 0 Å². The van der Waals surface area contributed by atoms with Crippen LogP contribution in [-0.2, 0) is 23.8 Å². The lowest BCUT2D eigenvalue weighted by molar-refractivity contribution is -0.207. The van der Waals surface area contributed by atoms with Gasteiger partial charge in [-0.15, -0.1) is 0 Å². The molecule has 2 atom stereocenters. The first-order valence-electron chi connectivity index (χ1n) is 17.4. The molecule has 2 unspecified atom stereocenters. The molecule has 0 aromatic rings. The second-order valence-electron chi connectivity index (χ2n) is 11.3. The molecule has 0 aliphatic carbocycles. The van der Waals surface area contributed by atoms with Crippen molar-refractivity contribution in [1.82, 2.24) is 0 Å². The van der Waals surface area contributed by atoms with E-state index in [2.05, 4.69) is 38.2 Å². The third-order valence-corrected chi connectivity index (χ3v) is 7.21. The van der Waals surface area contributed by atoms with Crippen LogP contribution in [0.2, 0.25) is 0 Å². The zero-order valence-electron chi connectivity index (χ0n) is 27.0. The molecule has 0 aliphatic rings. The SMILES string of the molecule is CCCOC(C=CCCCCCCCCCCCC=O)OC(C=CCCCCCCCCCCCC=O)OCCC. The van der Waals surface area contributed by atoms with Crippen molar-refractivity contribution in [2.75, 3.05) is 13.2 Å². The molecule has 0 bridgehead atoms. The van der Waals surface area contributed by atoms with E-state index in [1.54, 1.807) is 0 Å². The van der Waals surface area contributed by atoms with Gasteiger partial charge in [0.25, 0.3) is 0 Å². The molecule has 0 aromatic heterocycles. The van der Waals surface area contributed by atoms with Crippen molar-refractivity contribution in [2.24, 2.45) is 0 Å². The zero-order valence-corrected chi connectivity index (χ0v) is 27.0. The minimum atomic E-state index is -0.376. The summed E-state index contributed by atoms with van der Waals surface area (Å²) in [5.74, 6) is 0. The van der Waals surface area contributed by atoms with E-state index in [0.29, 0.717) is 13.2 Å². The maximum absolute atomic E-state index is 10.3. The van der Waals surface area contributed by atoms with E-state index < -0.39 is 0 Å². The summed E-state index contributed by atoms with van der Waals surface area (Å²) in [5, 5.41) is 0. The van der Waals surface area contributed by atoms with Gasteiger partial charge in [0.15, 0.2) is 12.6 Å². The summed E-state index contributed by atoms with van der Waals surface area (Å²) < 4.78 is 18.2. The highest BCUT2D eigenvalue weighted by atomic mass is 16.8. The predicted molar refractivity (Wildman–Crippen MR) is 173 cm³/mol. The summed E-state index contributed by atoms with van der Waals surface area (Å²) in [6.45, 7) is 5.58. The molecule has 0 amide bonds. The van der Waals surface area contributed by atoms with Gasteiger partial charge in [0.1, 0.15) is 12.6 Å². The molecule has 0 radical (unpaired) electrons. The highest BCUT2D eigenvalue weighted by Gasteiger charge is 2.13. The van der Waals surface area contributed by atoms with Crippen molar-refractivity contribution < 1.29 is 23.8 Å². The maximum atomic E-state index is 10.3. The summed E-state index contributed by atoms with van der Waals surface area (Å²) in [5.41, 5.74) is 0. The lowest BCUT2D eigenvalue weighted by Gasteiger charge is -2.21. The lowest BCUT2D eigenvalue weighted by atomic mass is 10.1. The Bertz CT molecular complexity index is 539. The number of rotatable bonds is 34. The van der Waals surface area contributed by atoms with Gasteiger partial charge >= 0.3 is 0 Å². The molecule has 41 heavy (non-hydrogen) atoms. The number of carbonyl (C=O) groups excluding carboxylic acids is 2. The standard InChI is InChI=1S/C36H66O5/c1-3-33-39-35(29-25-21-17-13-9-5-7-11-15-19-23-27-31-37)41-36(40-34-4-2)30-26-22-18-14-10-6-8-12-16-20-24-28-32-38/h25-26,29-32,35-36H,3-24,27-28,33-34H2,1-2H3. The van der Waals surface area contributed by atoms with Gasteiger partial charge in [-0.25, -0.2) is 0 Å². The van der Waals surface area contributed by atoms with Crippen molar-refractivity contribution in [1.29, 1.82) is 0 Å². The van der Waals surface area contributed by atoms with Crippen LogP contribution in [0.1, 0.15) is 168 Å². The van der Waals surface area contributed by atoms with Crippen LogP contribution in [-0.4, -0.2) is 38.4 Å². The fraction of sp³-hybridized carbons (Fsp3) is 0.833. The van der Waals surface area contributed by atoms with E-state index in [-0.39, 0.29) is 12.6 Å². The van der Waals surface area contributed by atoms with Crippen LogP contribution in [0.3, 0.4) is 0 Å². The van der Waals surface area contributed by atoms with Crippen molar-refractivity contribution in [2.45, 2.75) is 181 Å². The average Bonchev–Trinajstić information content (AvgIpc) is 2.98. The molecule has 0 saturated heterocycles. The van der Waals surface area contributed by atoms with Gasteiger partial charge in [-0.2, -0.15) is 0 Å². The van der Waals surface area contributed by atoms with Crippen LogP contribution in [0.25, 0.3) is 0 Å². The van der Waals surface area contributed by atoms with Crippen molar-refractivity contribution in [3.8, 4) is 0 Å². The van der Waals surface area contributed by atoms with Gasteiger partial charge in [0.05, 0.1) is 0 Å². The second-order valence-corrected chi connectivity index (χ2v) is 11.3. The van der Waals surface area contributed by atoms with Gasteiger partial charge in [0, 0.05) is 26.1 Å². The average molecular weight is 579 g/mol. The van der Waals surface area contributed by atoms with Gasteiger partial charge in [-0.3, -0.25) is 0 Å². The molecule has 240 valence electrons. The molecular weight excluding hydrogens is 512 g/mol. The first kappa shape index (κ1) is 39.7.